The topological polar surface area (TPSA) is 42.2 Å². The van der Waals surface area contributed by atoms with Crippen LogP contribution in [0.25, 0.3) is 11.0 Å². The SMILES string of the molecule is Cc1cc(=O)oc2cc(NCCCCF)ccc12. The van der Waals surface area contributed by atoms with Crippen molar-refractivity contribution < 1.29 is 8.81 Å². The van der Waals surface area contributed by atoms with Crippen LogP contribution in [0.15, 0.2) is 33.5 Å². The molecule has 1 heterocycles. The number of rotatable bonds is 5. The highest BCUT2D eigenvalue weighted by molar-refractivity contribution is 5.83. The Morgan fingerprint density at radius 2 is 2.11 bits per heavy atom. The van der Waals surface area contributed by atoms with Crippen molar-refractivity contribution in [1.29, 1.82) is 0 Å². The predicted molar refractivity (Wildman–Crippen MR) is 70.9 cm³/mol. The Labute approximate surface area is 105 Å². The largest absolute Gasteiger partial charge is 0.423 e. The summed E-state index contributed by atoms with van der Waals surface area (Å²) in [4.78, 5) is 11.3. The minimum atomic E-state index is -0.338. The van der Waals surface area contributed by atoms with Crippen molar-refractivity contribution in [2.75, 3.05) is 18.5 Å². The summed E-state index contributed by atoms with van der Waals surface area (Å²) in [6.07, 6.45) is 1.35. The van der Waals surface area contributed by atoms with E-state index < -0.39 is 0 Å². The zero-order valence-corrected chi connectivity index (χ0v) is 10.3. The van der Waals surface area contributed by atoms with Gasteiger partial charge in [-0.25, -0.2) is 4.79 Å². The van der Waals surface area contributed by atoms with Crippen LogP contribution in [0.2, 0.25) is 0 Å². The van der Waals surface area contributed by atoms with Gasteiger partial charge in [-0.05, 0) is 37.5 Å². The Balaban J connectivity index is 2.19. The highest BCUT2D eigenvalue weighted by atomic mass is 19.1. The minimum Gasteiger partial charge on any atom is -0.423 e. The number of hydrogen-bond acceptors (Lipinski definition) is 3. The van der Waals surface area contributed by atoms with Gasteiger partial charge in [0, 0.05) is 29.8 Å². The molecule has 0 aliphatic rings. The summed E-state index contributed by atoms with van der Waals surface area (Å²) in [6.45, 7) is 2.31. The van der Waals surface area contributed by atoms with Crippen LogP contribution in [-0.2, 0) is 0 Å². The Kier molecular flexibility index (Phi) is 3.97. The number of hydrogen-bond donors (Lipinski definition) is 1. The molecular weight excluding hydrogens is 233 g/mol. The molecule has 0 aliphatic carbocycles. The predicted octanol–water partition coefficient (Wildman–Crippen LogP) is 3.26. The second-order valence-corrected chi connectivity index (χ2v) is 4.28. The molecule has 0 bridgehead atoms. The van der Waals surface area contributed by atoms with E-state index in [2.05, 4.69) is 5.32 Å². The molecule has 96 valence electrons. The van der Waals surface area contributed by atoms with Crippen molar-refractivity contribution in [3.05, 3.63) is 40.2 Å². The van der Waals surface area contributed by atoms with E-state index in [0.29, 0.717) is 18.5 Å². The Morgan fingerprint density at radius 3 is 2.89 bits per heavy atom. The number of fused-ring (bicyclic) bond motifs is 1. The van der Waals surface area contributed by atoms with Crippen molar-refractivity contribution in [1.82, 2.24) is 0 Å². The Hall–Kier alpha value is -1.84. The highest BCUT2D eigenvalue weighted by Crippen LogP contribution is 2.20. The smallest absolute Gasteiger partial charge is 0.336 e. The molecule has 1 aromatic heterocycles. The number of anilines is 1. The van der Waals surface area contributed by atoms with E-state index in [1.54, 1.807) is 6.07 Å². The summed E-state index contributed by atoms with van der Waals surface area (Å²) < 4.78 is 17.1. The van der Waals surface area contributed by atoms with Crippen LogP contribution in [0.3, 0.4) is 0 Å². The van der Waals surface area contributed by atoms with Gasteiger partial charge in [-0.2, -0.15) is 0 Å². The van der Waals surface area contributed by atoms with Crippen LogP contribution in [0.5, 0.6) is 0 Å². The van der Waals surface area contributed by atoms with Gasteiger partial charge in [-0.15, -0.1) is 0 Å². The van der Waals surface area contributed by atoms with Crippen LogP contribution in [0.4, 0.5) is 10.1 Å². The lowest BCUT2D eigenvalue weighted by Gasteiger charge is -2.07. The molecule has 3 nitrogen and oxygen atoms in total. The molecule has 1 aromatic carbocycles. The first-order valence-electron chi connectivity index (χ1n) is 6.05. The molecular formula is C14H16FNO2. The standard InChI is InChI=1S/C14H16FNO2/c1-10-8-14(17)18-13-9-11(4-5-12(10)13)16-7-3-2-6-15/h4-5,8-9,16H,2-3,6-7H2,1H3. The number of halogens is 1. The van der Waals surface area contributed by atoms with E-state index in [4.69, 9.17) is 4.42 Å². The van der Waals surface area contributed by atoms with E-state index in [1.165, 1.54) is 6.07 Å². The zero-order chi connectivity index (χ0) is 13.0. The van der Waals surface area contributed by atoms with Gasteiger partial charge in [0.1, 0.15) is 5.58 Å². The van der Waals surface area contributed by atoms with Gasteiger partial charge >= 0.3 is 5.63 Å². The molecule has 0 spiro atoms. The number of nitrogens with one attached hydrogen (secondary N) is 1. The number of benzene rings is 1. The van der Waals surface area contributed by atoms with E-state index in [0.717, 1.165) is 23.1 Å². The van der Waals surface area contributed by atoms with Gasteiger partial charge in [-0.3, -0.25) is 4.39 Å². The Morgan fingerprint density at radius 1 is 1.28 bits per heavy atom. The van der Waals surface area contributed by atoms with Crippen molar-refractivity contribution in [2.45, 2.75) is 19.8 Å². The fraction of sp³-hybridized carbons (Fsp3) is 0.357. The number of alkyl halides is 1. The third-order valence-electron chi connectivity index (χ3n) is 2.84. The van der Waals surface area contributed by atoms with Crippen molar-refractivity contribution in [3.63, 3.8) is 0 Å². The normalized spacial score (nSPS) is 10.8. The third kappa shape index (κ3) is 2.88. The molecule has 0 atom stereocenters. The lowest BCUT2D eigenvalue weighted by Crippen LogP contribution is -2.02. The van der Waals surface area contributed by atoms with E-state index in [9.17, 15) is 9.18 Å². The molecule has 1 N–H and O–H groups in total. The molecule has 0 amide bonds. The first kappa shape index (κ1) is 12.6. The maximum atomic E-state index is 11.9. The fourth-order valence-electron chi connectivity index (χ4n) is 1.89. The van der Waals surface area contributed by atoms with E-state index in [1.807, 2.05) is 19.1 Å². The van der Waals surface area contributed by atoms with Crippen molar-refractivity contribution in [2.24, 2.45) is 0 Å². The van der Waals surface area contributed by atoms with Gasteiger partial charge in [0.15, 0.2) is 0 Å². The molecule has 4 heteroatoms. The number of aryl methyl sites for hydroxylation is 1. The van der Waals surface area contributed by atoms with Crippen LogP contribution in [0.1, 0.15) is 18.4 Å². The molecule has 0 saturated heterocycles. The van der Waals surface area contributed by atoms with Gasteiger partial charge in [0.2, 0.25) is 0 Å². The molecule has 0 aliphatic heterocycles. The summed E-state index contributed by atoms with van der Waals surface area (Å²) in [7, 11) is 0. The molecule has 0 saturated carbocycles. The summed E-state index contributed by atoms with van der Waals surface area (Å²) in [5.41, 5.74) is 2.03. The molecule has 2 rings (SSSR count). The summed E-state index contributed by atoms with van der Waals surface area (Å²) in [5, 5.41) is 4.12. The summed E-state index contributed by atoms with van der Waals surface area (Å²) in [6, 6.07) is 7.14. The second kappa shape index (κ2) is 5.67. The van der Waals surface area contributed by atoms with Gasteiger partial charge in [0.05, 0.1) is 6.67 Å². The van der Waals surface area contributed by atoms with E-state index in [-0.39, 0.29) is 12.3 Å². The molecule has 0 unspecified atom stereocenters. The maximum absolute atomic E-state index is 11.9. The molecule has 18 heavy (non-hydrogen) atoms. The first-order chi connectivity index (χ1) is 8.70. The van der Waals surface area contributed by atoms with Gasteiger partial charge in [-0.1, -0.05) is 0 Å². The monoisotopic (exact) mass is 249 g/mol. The van der Waals surface area contributed by atoms with Crippen LogP contribution < -0.4 is 10.9 Å². The van der Waals surface area contributed by atoms with Gasteiger partial charge < -0.3 is 9.73 Å². The summed E-state index contributed by atoms with van der Waals surface area (Å²) in [5.74, 6) is 0. The first-order valence-corrected chi connectivity index (χ1v) is 6.05. The van der Waals surface area contributed by atoms with E-state index >= 15 is 0 Å². The van der Waals surface area contributed by atoms with Crippen LogP contribution in [0, 0.1) is 6.92 Å². The quantitative estimate of drug-likeness (QED) is 0.653. The second-order valence-electron chi connectivity index (χ2n) is 4.28. The van der Waals surface area contributed by atoms with Crippen molar-refractivity contribution in [3.8, 4) is 0 Å². The Bertz CT molecular complexity index is 592. The highest BCUT2D eigenvalue weighted by Gasteiger charge is 2.02. The van der Waals surface area contributed by atoms with Crippen LogP contribution >= 0.6 is 0 Å². The lowest BCUT2D eigenvalue weighted by molar-refractivity contribution is 0.466. The molecule has 2 aromatic rings. The van der Waals surface area contributed by atoms with Crippen LogP contribution in [-0.4, -0.2) is 13.2 Å². The third-order valence-corrected chi connectivity index (χ3v) is 2.84. The summed E-state index contributed by atoms with van der Waals surface area (Å²) >= 11 is 0. The maximum Gasteiger partial charge on any atom is 0.336 e. The number of unbranched alkanes of at least 4 members (excludes halogenated alkanes) is 1. The fourth-order valence-corrected chi connectivity index (χ4v) is 1.89. The minimum absolute atomic E-state index is 0.284. The average molecular weight is 249 g/mol. The van der Waals surface area contributed by atoms with Crippen molar-refractivity contribution >= 4 is 16.7 Å². The molecule has 0 radical (unpaired) electrons. The average Bonchev–Trinajstić information content (AvgIpc) is 2.34. The lowest BCUT2D eigenvalue weighted by atomic mass is 10.1. The zero-order valence-electron chi connectivity index (χ0n) is 10.3. The molecule has 0 fully saturated rings. The van der Waals surface area contributed by atoms with Gasteiger partial charge in [0.25, 0.3) is 0 Å².